The van der Waals surface area contributed by atoms with Gasteiger partial charge in [0, 0.05) is 19.6 Å². The number of aryl methyl sites for hydroxylation is 1. The van der Waals surface area contributed by atoms with E-state index in [0.717, 1.165) is 11.3 Å². The van der Waals surface area contributed by atoms with Crippen LogP contribution < -0.4 is 4.74 Å². The average molecular weight is 368 g/mol. The first-order chi connectivity index (χ1) is 11.7. The number of likely N-dealkylation sites (N-methyl/N-ethyl adjacent to an activating group) is 2. The molecule has 2 atom stereocenters. The highest BCUT2D eigenvalue weighted by molar-refractivity contribution is 7.91. The van der Waals surface area contributed by atoms with Crippen molar-refractivity contribution >= 4 is 15.7 Å². The van der Waals surface area contributed by atoms with Crippen LogP contribution in [-0.4, -0.2) is 75.0 Å². The number of para-hydroxylation sites is 1. The summed E-state index contributed by atoms with van der Waals surface area (Å²) in [5, 5.41) is 0. The molecule has 0 bridgehead atoms. The van der Waals surface area contributed by atoms with Gasteiger partial charge in [0.25, 0.3) is 0 Å². The fourth-order valence-electron chi connectivity index (χ4n) is 2.96. The number of carbonyl (C=O) groups excluding carboxylic acids is 1. The Bertz CT molecular complexity index is 705. The first-order valence-corrected chi connectivity index (χ1v) is 10.4. The summed E-state index contributed by atoms with van der Waals surface area (Å²) in [6.45, 7) is 4.93. The molecule has 0 unspecified atom stereocenters. The highest BCUT2D eigenvalue weighted by atomic mass is 32.2. The summed E-state index contributed by atoms with van der Waals surface area (Å²) >= 11 is 0. The van der Waals surface area contributed by atoms with Crippen molar-refractivity contribution in [1.29, 1.82) is 0 Å². The maximum atomic E-state index is 12.6. The Morgan fingerprint density at radius 2 is 2.00 bits per heavy atom. The molecule has 25 heavy (non-hydrogen) atoms. The molecule has 0 spiro atoms. The Balaban J connectivity index is 1.83. The highest BCUT2D eigenvalue weighted by Crippen LogP contribution is 2.18. The lowest BCUT2D eigenvalue weighted by molar-refractivity contribution is -0.136. The summed E-state index contributed by atoms with van der Waals surface area (Å²) in [7, 11) is 0.578. The summed E-state index contributed by atoms with van der Waals surface area (Å²) in [6.07, 6.45) is 0.525. The molecular formula is C18H28N2O4S. The minimum absolute atomic E-state index is 0.0551. The molecule has 6 nitrogen and oxygen atoms in total. The van der Waals surface area contributed by atoms with E-state index >= 15 is 0 Å². The lowest BCUT2D eigenvalue weighted by Gasteiger charge is -2.31. The van der Waals surface area contributed by atoms with Crippen LogP contribution in [0, 0.1) is 6.92 Å². The van der Waals surface area contributed by atoms with Crippen molar-refractivity contribution in [2.75, 3.05) is 38.8 Å². The second-order valence-corrected chi connectivity index (χ2v) is 9.01. The van der Waals surface area contributed by atoms with Gasteiger partial charge in [-0.25, -0.2) is 8.42 Å². The lowest BCUT2D eigenvalue weighted by atomic mass is 10.2. The van der Waals surface area contributed by atoms with Crippen molar-refractivity contribution in [3.8, 4) is 5.75 Å². The molecule has 0 saturated carbocycles. The van der Waals surface area contributed by atoms with E-state index in [1.807, 2.05) is 50.1 Å². The molecule has 1 amide bonds. The third-order valence-electron chi connectivity index (χ3n) is 4.92. The second kappa shape index (κ2) is 8.19. The first kappa shape index (κ1) is 19.7. The van der Waals surface area contributed by atoms with Crippen LogP contribution in [0.15, 0.2) is 24.3 Å². The van der Waals surface area contributed by atoms with Gasteiger partial charge in [-0.3, -0.25) is 9.69 Å². The van der Waals surface area contributed by atoms with Crippen molar-refractivity contribution in [3.63, 3.8) is 0 Å². The van der Waals surface area contributed by atoms with Crippen LogP contribution in [-0.2, 0) is 14.6 Å². The van der Waals surface area contributed by atoms with Gasteiger partial charge in [-0.05, 0) is 38.9 Å². The quantitative estimate of drug-likeness (QED) is 0.727. The first-order valence-electron chi connectivity index (χ1n) is 8.57. The number of sulfone groups is 1. The zero-order valence-electron chi connectivity index (χ0n) is 15.4. The van der Waals surface area contributed by atoms with Crippen LogP contribution in [0.5, 0.6) is 5.75 Å². The van der Waals surface area contributed by atoms with E-state index < -0.39 is 9.84 Å². The van der Waals surface area contributed by atoms with Gasteiger partial charge in [0.1, 0.15) is 12.4 Å². The van der Waals surface area contributed by atoms with E-state index in [0.29, 0.717) is 19.6 Å². The number of amides is 1. The number of carbonyl (C=O) groups is 1. The van der Waals surface area contributed by atoms with E-state index in [9.17, 15) is 13.2 Å². The number of ether oxygens (including phenoxy) is 1. The Hall–Kier alpha value is -1.60. The summed E-state index contributed by atoms with van der Waals surface area (Å²) in [5.74, 6) is 1.04. The SMILES string of the molecule is Cc1ccccc1OCCN(C)[C@H](C)C(=O)N(C)[C@H]1CCS(=O)(=O)C1. The number of hydrogen-bond donors (Lipinski definition) is 0. The van der Waals surface area contributed by atoms with Gasteiger partial charge in [-0.2, -0.15) is 0 Å². The molecule has 0 aliphatic carbocycles. The number of benzene rings is 1. The van der Waals surface area contributed by atoms with E-state index in [2.05, 4.69) is 0 Å². The molecule has 1 fully saturated rings. The van der Waals surface area contributed by atoms with E-state index in [1.54, 1.807) is 11.9 Å². The van der Waals surface area contributed by atoms with Crippen molar-refractivity contribution in [3.05, 3.63) is 29.8 Å². The predicted octanol–water partition coefficient (Wildman–Crippen LogP) is 1.34. The maximum absolute atomic E-state index is 12.6. The summed E-state index contributed by atoms with van der Waals surface area (Å²) < 4.78 is 29.0. The van der Waals surface area contributed by atoms with Crippen molar-refractivity contribution in [2.24, 2.45) is 0 Å². The predicted molar refractivity (Wildman–Crippen MR) is 98.6 cm³/mol. The fourth-order valence-corrected chi connectivity index (χ4v) is 4.73. The van der Waals surface area contributed by atoms with E-state index in [4.69, 9.17) is 4.74 Å². The minimum atomic E-state index is -3.00. The monoisotopic (exact) mass is 368 g/mol. The standard InChI is InChI=1S/C18H28N2O4S/c1-14-7-5-6-8-17(14)24-11-10-19(3)15(2)18(21)20(4)16-9-12-25(22,23)13-16/h5-8,15-16H,9-13H2,1-4H3/t15-,16+/m1/s1. The molecule has 1 aromatic carbocycles. The van der Waals surface area contributed by atoms with Gasteiger partial charge in [-0.1, -0.05) is 18.2 Å². The number of nitrogens with zero attached hydrogens (tertiary/aromatic N) is 2. The molecule has 1 aliphatic heterocycles. The topological polar surface area (TPSA) is 66.9 Å². The van der Waals surface area contributed by atoms with Gasteiger partial charge in [0.15, 0.2) is 9.84 Å². The van der Waals surface area contributed by atoms with Gasteiger partial charge in [0.05, 0.1) is 17.5 Å². The molecule has 1 heterocycles. The van der Waals surface area contributed by atoms with Crippen molar-refractivity contribution in [1.82, 2.24) is 9.80 Å². The molecule has 1 aliphatic rings. The second-order valence-electron chi connectivity index (χ2n) is 6.78. The zero-order chi connectivity index (χ0) is 18.6. The minimum Gasteiger partial charge on any atom is -0.492 e. The van der Waals surface area contributed by atoms with Crippen LogP contribution in [0.25, 0.3) is 0 Å². The summed E-state index contributed by atoms with van der Waals surface area (Å²) in [6, 6.07) is 7.29. The third kappa shape index (κ3) is 5.19. The van der Waals surface area contributed by atoms with Crippen molar-refractivity contribution in [2.45, 2.75) is 32.4 Å². The molecule has 0 aromatic heterocycles. The smallest absolute Gasteiger partial charge is 0.239 e. The average Bonchev–Trinajstić information content (AvgIpc) is 2.94. The largest absolute Gasteiger partial charge is 0.492 e. The van der Waals surface area contributed by atoms with Crippen LogP contribution in [0.2, 0.25) is 0 Å². The van der Waals surface area contributed by atoms with Gasteiger partial charge >= 0.3 is 0 Å². The number of rotatable bonds is 7. The molecule has 0 N–H and O–H groups in total. The van der Waals surface area contributed by atoms with Crippen LogP contribution in [0.1, 0.15) is 18.9 Å². The molecule has 2 rings (SSSR count). The zero-order valence-corrected chi connectivity index (χ0v) is 16.3. The molecule has 0 radical (unpaired) electrons. The maximum Gasteiger partial charge on any atom is 0.239 e. The Kier molecular flexibility index (Phi) is 6.46. The van der Waals surface area contributed by atoms with Gasteiger partial charge in [-0.15, -0.1) is 0 Å². The normalized spacial score (nSPS) is 20.4. The molecular weight excluding hydrogens is 340 g/mol. The Labute approximate surface area is 150 Å². The molecule has 1 saturated heterocycles. The fraction of sp³-hybridized carbons (Fsp3) is 0.611. The molecule has 1 aromatic rings. The third-order valence-corrected chi connectivity index (χ3v) is 6.67. The van der Waals surface area contributed by atoms with Gasteiger partial charge in [0.2, 0.25) is 5.91 Å². The molecule has 7 heteroatoms. The Morgan fingerprint density at radius 1 is 1.32 bits per heavy atom. The summed E-state index contributed by atoms with van der Waals surface area (Å²) in [4.78, 5) is 16.1. The van der Waals surface area contributed by atoms with Crippen LogP contribution in [0.4, 0.5) is 0 Å². The van der Waals surface area contributed by atoms with E-state index in [1.165, 1.54) is 0 Å². The van der Waals surface area contributed by atoms with E-state index in [-0.39, 0.29) is 29.5 Å². The lowest BCUT2D eigenvalue weighted by Crippen LogP contribution is -2.49. The molecule has 140 valence electrons. The van der Waals surface area contributed by atoms with Crippen LogP contribution in [0.3, 0.4) is 0 Å². The van der Waals surface area contributed by atoms with Crippen LogP contribution >= 0.6 is 0 Å². The Morgan fingerprint density at radius 3 is 2.60 bits per heavy atom. The van der Waals surface area contributed by atoms with Crippen molar-refractivity contribution < 1.29 is 17.9 Å². The van der Waals surface area contributed by atoms with Gasteiger partial charge < -0.3 is 9.64 Å². The number of hydrogen-bond acceptors (Lipinski definition) is 5. The summed E-state index contributed by atoms with van der Waals surface area (Å²) in [5.41, 5.74) is 1.08. The highest BCUT2D eigenvalue weighted by Gasteiger charge is 2.34.